The summed E-state index contributed by atoms with van der Waals surface area (Å²) in [4.78, 5) is 7.55. The molecule has 0 spiro atoms. The summed E-state index contributed by atoms with van der Waals surface area (Å²) in [6, 6.07) is 9.55. The lowest BCUT2D eigenvalue weighted by Gasteiger charge is -2.32. The highest BCUT2D eigenvalue weighted by molar-refractivity contribution is 6.03. The third-order valence-corrected chi connectivity index (χ3v) is 4.36. The molecule has 4 rings (SSSR count). The predicted octanol–water partition coefficient (Wildman–Crippen LogP) is 1.32. The van der Waals surface area contributed by atoms with E-state index in [1.165, 1.54) is 0 Å². The summed E-state index contributed by atoms with van der Waals surface area (Å²) in [6.45, 7) is 0. The monoisotopic (exact) mass is 337 g/mol. The molecule has 0 saturated heterocycles. The van der Waals surface area contributed by atoms with E-state index < -0.39 is 5.79 Å². The molecule has 0 fully saturated rings. The number of nitrogens with one attached hydrogen (secondary N) is 2. The van der Waals surface area contributed by atoms with E-state index in [0.717, 1.165) is 22.6 Å². The van der Waals surface area contributed by atoms with Gasteiger partial charge in [-0.3, -0.25) is 10.4 Å². The van der Waals surface area contributed by atoms with Crippen LogP contribution in [0.15, 0.2) is 47.7 Å². The minimum atomic E-state index is -1.22. The lowest BCUT2D eigenvalue weighted by atomic mass is 10.0. The van der Waals surface area contributed by atoms with Gasteiger partial charge < -0.3 is 20.8 Å². The summed E-state index contributed by atoms with van der Waals surface area (Å²) >= 11 is 0. The maximum atomic E-state index is 6.52. The first-order chi connectivity index (χ1) is 12.0. The fraction of sp³-hybridized carbons (Fsp3) is 0.176. The van der Waals surface area contributed by atoms with Crippen LogP contribution in [0.2, 0.25) is 0 Å². The number of hydrogen-bond acceptors (Lipinski definition) is 6. The minimum absolute atomic E-state index is 0.371. The van der Waals surface area contributed by atoms with Crippen molar-refractivity contribution in [3.8, 4) is 17.0 Å². The lowest BCUT2D eigenvalue weighted by molar-refractivity contribution is 0.393. The Hall–Kier alpha value is -3.26. The van der Waals surface area contributed by atoms with Gasteiger partial charge >= 0.3 is 0 Å². The van der Waals surface area contributed by atoms with E-state index >= 15 is 0 Å². The van der Waals surface area contributed by atoms with E-state index in [1.54, 1.807) is 24.2 Å². The standard InChI is InChI=1S/C17H19N7O/c1-24-13(6-8-21-24)10-3-4-12(14(9-10)25-2)17(19)22-15(18)11-5-7-20-16(11)23-17/h3-9,20,23H,19H2,1-2H3,(H2,18,22). The summed E-state index contributed by atoms with van der Waals surface area (Å²) in [6.07, 6.45) is 3.54. The van der Waals surface area contributed by atoms with Crippen LogP contribution < -0.4 is 21.5 Å². The van der Waals surface area contributed by atoms with Gasteiger partial charge in [0.05, 0.1) is 23.9 Å². The van der Waals surface area contributed by atoms with Crippen LogP contribution in [0.3, 0.4) is 0 Å². The lowest BCUT2D eigenvalue weighted by Crippen LogP contribution is -2.47. The molecular formula is C17H19N7O. The van der Waals surface area contributed by atoms with Crippen molar-refractivity contribution in [2.24, 2.45) is 23.5 Å². The second kappa shape index (κ2) is 5.38. The fourth-order valence-corrected chi connectivity index (χ4v) is 3.11. The molecule has 1 aliphatic heterocycles. The molecule has 3 heterocycles. The molecule has 128 valence electrons. The van der Waals surface area contributed by atoms with E-state index in [1.807, 2.05) is 37.4 Å². The van der Waals surface area contributed by atoms with Crippen molar-refractivity contribution in [3.63, 3.8) is 0 Å². The molecular weight excluding hydrogens is 318 g/mol. The molecule has 0 radical (unpaired) electrons. The predicted molar refractivity (Wildman–Crippen MR) is 96.2 cm³/mol. The number of nitrogens with two attached hydrogens (primary N) is 2. The van der Waals surface area contributed by atoms with Crippen molar-refractivity contribution in [2.75, 3.05) is 12.4 Å². The highest BCUT2D eigenvalue weighted by Gasteiger charge is 2.35. The molecule has 0 amide bonds. The average molecular weight is 337 g/mol. The van der Waals surface area contributed by atoms with E-state index in [-0.39, 0.29) is 0 Å². The molecule has 0 aliphatic carbocycles. The zero-order valence-corrected chi connectivity index (χ0v) is 13.9. The van der Waals surface area contributed by atoms with Crippen LogP contribution >= 0.6 is 0 Å². The molecule has 0 bridgehead atoms. The van der Waals surface area contributed by atoms with Gasteiger partial charge in [0.15, 0.2) is 0 Å². The van der Waals surface area contributed by atoms with Crippen LogP contribution in [-0.4, -0.2) is 27.7 Å². The first-order valence-corrected chi connectivity index (χ1v) is 7.79. The number of aromatic nitrogens is 3. The van der Waals surface area contributed by atoms with Crippen molar-refractivity contribution in [2.45, 2.75) is 5.79 Å². The average Bonchev–Trinajstić information content (AvgIpc) is 3.23. The first-order valence-electron chi connectivity index (χ1n) is 7.79. The van der Waals surface area contributed by atoms with Crippen LogP contribution in [0.25, 0.3) is 11.3 Å². The zero-order chi connectivity index (χ0) is 17.6. The van der Waals surface area contributed by atoms with Crippen LogP contribution in [0.4, 0.5) is 5.82 Å². The number of benzene rings is 1. The molecule has 2 aromatic heterocycles. The van der Waals surface area contributed by atoms with Crippen LogP contribution in [0.5, 0.6) is 5.75 Å². The quantitative estimate of drug-likeness (QED) is 0.575. The molecule has 6 N–H and O–H groups in total. The Kier molecular flexibility index (Phi) is 3.29. The number of fused-ring (bicyclic) bond motifs is 1. The number of anilines is 1. The molecule has 0 saturated carbocycles. The van der Waals surface area contributed by atoms with Gasteiger partial charge in [0.2, 0.25) is 5.79 Å². The number of aromatic amines is 1. The smallest absolute Gasteiger partial charge is 0.216 e. The third-order valence-electron chi connectivity index (χ3n) is 4.36. The van der Waals surface area contributed by atoms with Gasteiger partial charge in [-0.05, 0) is 24.3 Å². The maximum absolute atomic E-state index is 6.52. The molecule has 1 aromatic carbocycles. The maximum Gasteiger partial charge on any atom is 0.216 e. The van der Waals surface area contributed by atoms with E-state index in [9.17, 15) is 0 Å². The Balaban J connectivity index is 1.81. The SMILES string of the molecule is COc1cc(-c2ccnn2C)ccc1C1(N)N=C(N)c2cc[nH]c2N1. The number of H-pyrrole nitrogens is 1. The van der Waals surface area contributed by atoms with Gasteiger partial charge in [-0.2, -0.15) is 5.10 Å². The van der Waals surface area contributed by atoms with Crippen molar-refractivity contribution in [1.82, 2.24) is 14.8 Å². The van der Waals surface area contributed by atoms with Gasteiger partial charge in [-0.15, -0.1) is 0 Å². The molecule has 1 aliphatic rings. The van der Waals surface area contributed by atoms with Crippen molar-refractivity contribution < 1.29 is 4.74 Å². The minimum Gasteiger partial charge on any atom is -0.496 e. The number of ether oxygens (including phenoxy) is 1. The fourth-order valence-electron chi connectivity index (χ4n) is 3.11. The van der Waals surface area contributed by atoms with Crippen molar-refractivity contribution in [1.29, 1.82) is 0 Å². The normalized spacial score (nSPS) is 19.1. The summed E-state index contributed by atoms with van der Waals surface area (Å²) in [5.41, 5.74) is 16.0. The molecule has 25 heavy (non-hydrogen) atoms. The molecule has 1 atom stereocenters. The molecule has 1 unspecified atom stereocenters. The Morgan fingerprint density at radius 1 is 1.24 bits per heavy atom. The third kappa shape index (κ3) is 2.34. The summed E-state index contributed by atoms with van der Waals surface area (Å²) in [5, 5.41) is 7.40. The summed E-state index contributed by atoms with van der Waals surface area (Å²) in [7, 11) is 3.49. The van der Waals surface area contributed by atoms with Crippen LogP contribution in [0.1, 0.15) is 11.1 Å². The van der Waals surface area contributed by atoms with Gasteiger partial charge in [0.1, 0.15) is 17.4 Å². The van der Waals surface area contributed by atoms with E-state index in [2.05, 4.69) is 20.4 Å². The highest BCUT2D eigenvalue weighted by atomic mass is 16.5. The summed E-state index contributed by atoms with van der Waals surface area (Å²) in [5.74, 6) is 0.487. The van der Waals surface area contributed by atoms with E-state index in [0.29, 0.717) is 17.1 Å². The van der Waals surface area contributed by atoms with Crippen LogP contribution in [0, 0.1) is 0 Å². The number of hydrogen-bond donors (Lipinski definition) is 4. The van der Waals surface area contributed by atoms with Crippen LogP contribution in [-0.2, 0) is 12.8 Å². The largest absolute Gasteiger partial charge is 0.496 e. The Labute approximate surface area is 144 Å². The zero-order valence-electron chi connectivity index (χ0n) is 13.9. The Morgan fingerprint density at radius 2 is 2.08 bits per heavy atom. The number of aliphatic imine (C=N–C) groups is 1. The van der Waals surface area contributed by atoms with Gasteiger partial charge in [0.25, 0.3) is 0 Å². The number of nitrogens with zero attached hydrogens (tertiary/aromatic N) is 3. The van der Waals surface area contributed by atoms with E-state index in [4.69, 9.17) is 16.2 Å². The Morgan fingerprint density at radius 3 is 2.80 bits per heavy atom. The van der Waals surface area contributed by atoms with Crippen molar-refractivity contribution >= 4 is 11.7 Å². The summed E-state index contributed by atoms with van der Waals surface area (Å²) < 4.78 is 7.38. The number of methoxy groups -OCH3 is 1. The molecule has 8 heteroatoms. The highest BCUT2D eigenvalue weighted by Crippen LogP contribution is 2.36. The van der Waals surface area contributed by atoms with Gasteiger partial charge in [-0.1, -0.05) is 6.07 Å². The molecule has 8 nitrogen and oxygen atoms in total. The van der Waals surface area contributed by atoms with Gasteiger partial charge in [-0.25, -0.2) is 4.99 Å². The molecule has 3 aromatic rings. The first kappa shape index (κ1) is 15.3. The second-order valence-corrected chi connectivity index (χ2v) is 5.91. The number of amidine groups is 1. The second-order valence-electron chi connectivity index (χ2n) is 5.91. The number of aryl methyl sites for hydroxylation is 1. The Bertz CT molecular complexity index is 971. The number of rotatable bonds is 3. The van der Waals surface area contributed by atoms with Crippen molar-refractivity contribution in [3.05, 3.63) is 53.9 Å². The van der Waals surface area contributed by atoms with Gasteiger partial charge in [0, 0.05) is 25.0 Å². The topological polar surface area (TPSA) is 119 Å².